The first-order valence-corrected chi connectivity index (χ1v) is 7.22. The van der Waals surface area contributed by atoms with Gasteiger partial charge in [0.2, 0.25) is 0 Å². The first kappa shape index (κ1) is 13.0. The van der Waals surface area contributed by atoms with Crippen LogP contribution in [0.3, 0.4) is 0 Å². The Kier molecular flexibility index (Phi) is 3.39. The molecule has 0 N–H and O–H groups in total. The Bertz CT molecular complexity index is 617. The first-order valence-electron chi connectivity index (χ1n) is 6.40. The van der Waals surface area contributed by atoms with E-state index in [1.54, 1.807) is 19.4 Å². The van der Waals surface area contributed by atoms with E-state index in [9.17, 15) is 4.79 Å². The molecule has 2 aromatic heterocycles. The number of carbonyl (C=O) groups is 1. The number of aryl methyl sites for hydroxylation is 1. The molecule has 1 aliphatic heterocycles. The summed E-state index contributed by atoms with van der Waals surface area (Å²) in [5.41, 5.74) is 0. The van der Waals surface area contributed by atoms with Gasteiger partial charge in [0.15, 0.2) is 5.13 Å². The Morgan fingerprint density at radius 1 is 1.55 bits per heavy atom. The molecule has 1 aliphatic rings. The molecule has 7 nitrogen and oxygen atoms in total. The summed E-state index contributed by atoms with van der Waals surface area (Å²) in [7, 11) is 1.94. The van der Waals surface area contributed by atoms with Gasteiger partial charge in [0.1, 0.15) is 17.0 Å². The minimum atomic E-state index is -0.304. The summed E-state index contributed by atoms with van der Waals surface area (Å²) in [6.07, 6.45) is 3.29. The Labute approximate surface area is 120 Å². The Morgan fingerprint density at radius 3 is 3.00 bits per heavy atom. The normalized spacial score (nSPS) is 15.2. The highest BCUT2D eigenvalue weighted by molar-refractivity contribution is 7.17. The standard InChI is InChI=1S/C12H15N5O2S/c1-3-19-11(18)9-4-13-12(20-9)17-5-8(6-17)10-15-14-7-16(10)2/h4,7-8H,3,5-6H2,1-2H3. The van der Waals surface area contributed by atoms with E-state index in [1.165, 1.54) is 11.3 Å². The zero-order valence-corrected chi connectivity index (χ0v) is 12.1. The van der Waals surface area contributed by atoms with E-state index in [4.69, 9.17) is 4.74 Å². The van der Waals surface area contributed by atoms with E-state index in [0.29, 0.717) is 17.4 Å². The van der Waals surface area contributed by atoms with Crippen molar-refractivity contribution in [2.24, 2.45) is 7.05 Å². The molecule has 2 aromatic rings. The van der Waals surface area contributed by atoms with E-state index in [-0.39, 0.29) is 5.97 Å². The second-order valence-electron chi connectivity index (χ2n) is 4.63. The van der Waals surface area contributed by atoms with Crippen LogP contribution >= 0.6 is 11.3 Å². The molecule has 0 bridgehead atoms. The molecule has 0 unspecified atom stereocenters. The minimum Gasteiger partial charge on any atom is -0.462 e. The van der Waals surface area contributed by atoms with Gasteiger partial charge in [0.25, 0.3) is 0 Å². The third-order valence-corrected chi connectivity index (χ3v) is 4.27. The van der Waals surface area contributed by atoms with E-state index < -0.39 is 0 Å². The van der Waals surface area contributed by atoms with Gasteiger partial charge in [0.05, 0.1) is 18.7 Å². The van der Waals surface area contributed by atoms with Crippen molar-refractivity contribution in [2.45, 2.75) is 12.8 Å². The van der Waals surface area contributed by atoms with Crippen molar-refractivity contribution >= 4 is 22.4 Å². The molecule has 106 valence electrons. The van der Waals surface area contributed by atoms with Crippen molar-refractivity contribution in [1.29, 1.82) is 0 Å². The summed E-state index contributed by atoms with van der Waals surface area (Å²) in [5, 5.41) is 8.86. The molecule has 3 rings (SSSR count). The number of hydrogen-bond acceptors (Lipinski definition) is 7. The number of nitrogens with zero attached hydrogens (tertiary/aromatic N) is 5. The quantitative estimate of drug-likeness (QED) is 0.785. The molecule has 20 heavy (non-hydrogen) atoms. The second kappa shape index (κ2) is 5.20. The number of rotatable bonds is 4. The highest BCUT2D eigenvalue weighted by atomic mass is 32.1. The van der Waals surface area contributed by atoms with Crippen LogP contribution in [0.4, 0.5) is 5.13 Å². The van der Waals surface area contributed by atoms with Gasteiger partial charge < -0.3 is 14.2 Å². The van der Waals surface area contributed by atoms with Crippen molar-refractivity contribution < 1.29 is 9.53 Å². The summed E-state index contributed by atoms with van der Waals surface area (Å²) >= 11 is 1.37. The monoisotopic (exact) mass is 293 g/mol. The lowest BCUT2D eigenvalue weighted by atomic mass is 10.0. The highest BCUT2D eigenvalue weighted by Gasteiger charge is 2.33. The van der Waals surface area contributed by atoms with Crippen molar-refractivity contribution in [1.82, 2.24) is 19.7 Å². The predicted octanol–water partition coefficient (Wildman–Crippen LogP) is 1.05. The second-order valence-corrected chi connectivity index (χ2v) is 5.64. The zero-order valence-electron chi connectivity index (χ0n) is 11.3. The van der Waals surface area contributed by atoms with E-state index in [1.807, 2.05) is 11.6 Å². The highest BCUT2D eigenvalue weighted by Crippen LogP contribution is 2.33. The van der Waals surface area contributed by atoms with Gasteiger partial charge in [0, 0.05) is 20.1 Å². The van der Waals surface area contributed by atoms with E-state index >= 15 is 0 Å². The van der Waals surface area contributed by atoms with Gasteiger partial charge in [-0.3, -0.25) is 0 Å². The van der Waals surface area contributed by atoms with Gasteiger partial charge in [-0.2, -0.15) is 0 Å². The van der Waals surface area contributed by atoms with Crippen LogP contribution in [0.15, 0.2) is 12.5 Å². The van der Waals surface area contributed by atoms with Crippen molar-refractivity contribution in [3.63, 3.8) is 0 Å². The fourth-order valence-corrected chi connectivity index (χ4v) is 3.00. The van der Waals surface area contributed by atoms with Gasteiger partial charge >= 0.3 is 5.97 Å². The summed E-state index contributed by atoms with van der Waals surface area (Å²) in [6.45, 7) is 3.87. The van der Waals surface area contributed by atoms with Crippen molar-refractivity contribution in [3.8, 4) is 0 Å². The lowest BCUT2D eigenvalue weighted by molar-refractivity contribution is 0.0532. The molecule has 0 atom stereocenters. The summed E-state index contributed by atoms with van der Waals surface area (Å²) in [5.74, 6) is 1.06. The molecule has 1 saturated heterocycles. The number of aromatic nitrogens is 4. The maximum Gasteiger partial charge on any atom is 0.350 e. The predicted molar refractivity (Wildman–Crippen MR) is 74.0 cm³/mol. The van der Waals surface area contributed by atoms with E-state index in [2.05, 4.69) is 20.1 Å². The lowest BCUT2D eigenvalue weighted by Crippen LogP contribution is -2.46. The van der Waals surface area contributed by atoms with Crippen LogP contribution in [0.1, 0.15) is 28.3 Å². The fraction of sp³-hybridized carbons (Fsp3) is 0.500. The summed E-state index contributed by atoms with van der Waals surface area (Å²) < 4.78 is 6.90. The minimum absolute atomic E-state index is 0.304. The number of carbonyl (C=O) groups excluding carboxylic acids is 1. The molecule has 0 saturated carbocycles. The topological polar surface area (TPSA) is 73.1 Å². The average Bonchev–Trinajstić information content (AvgIpc) is 2.98. The third kappa shape index (κ3) is 2.26. The van der Waals surface area contributed by atoms with Crippen molar-refractivity contribution in [2.75, 3.05) is 24.6 Å². The summed E-state index contributed by atoms with van der Waals surface area (Å²) in [4.78, 5) is 18.5. The molecule has 0 spiro atoms. The van der Waals surface area contributed by atoms with Crippen LogP contribution in [0.2, 0.25) is 0 Å². The van der Waals surface area contributed by atoms with Crippen LogP contribution in [-0.2, 0) is 11.8 Å². The molecule has 0 radical (unpaired) electrons. The average molecular weight is 293 g/mol. The molecule has 8 heteroatoms. The van der Waals surface area contributed by atoms with Crippen LogP contribution < -0.4 is 4.90 Å². The maximum atomic E-state index is 11.6. The molecule has 0 aromatic carbocycles. The Hall–Kier alpha value is -1.96. The Balaban J connectivity index is 1.63. The van der Waals surface area contributed by atoms with Gasteiger partial charge in [-0.1, -0.05) is 11.3 Å². The number of hydrogen-bond donors (Lipinski definition) is 0. The molecule has 1 fully saturated rings. The SMILES string of the molecule is CCOC(=O)c1cnc(N2CC(c3nncn3C)C2)s1. The third-order valence-electron chi connectivity index (χ3n) is 3.23. The lowest BCUT2D eigenvalue weighted by Gasteiger charge is -2.38. The number of esters is 1. The number of ether oxygens (including phenoxy) is 1. The van der Waals surface area contributed by atoms with Crippen LogP contribution in [0.5, 0.6) is 0 Å². The van der Waals surface area contributed by atoms with Gasteiger partial charge in [-0.05, 0) is 6.92 Å². The molecule has 3 heterocycles. The van der Waals surface area contributed by atoms with E-state index in [0.717, 1.165) is 24.0 Å². The van der Waals surface area contributed by atoms with Crippen molar-refractivity contribution in [3.05, 3.63) is 23.2 Å². The largest absolute Gasteiger partial charge is 0.462 e. The molecular formula is C12H15N5O2S. The first-order chi connectivity index (χ1) is 9.69. The smallest absolute Gasteiger partial charge is 0.350 e. The van der Waals surface area contributed by atoms with Gasteiger partial charge in [-0.25, -0.2) is 9.78 Å². The van der Waals surface area contributed by atoms with Crippen LogP contribution in [0, 0.1) is 0 Å². The number of anilines is 1. The summed E-state index contributed by atoms with van der Waals surface area (Å²) in [6, 6.07) is 0. The molecular weight excluding hydrogens is 278 g/mol. The van der Waals surface area contributed by atoms with Gasteiger partial charge in [-0.15, -0.1) is 10.2 Å². The van der Waals surface area contributed by atoms with Crippen LogP contribution in [0.25, 0.3) is 0 Å². The fourth-order valence-electron chi connectivity index (χ4n) is 2.17. The van der Waals surface area contributed by atoms with Crippen LogP contribution in [-0.4, -0.2) is 45.4 Å². The molecule has 0 aliphatic carbocycles. The number of thiazole rings is 1. The zero-order chi connectivity index (χ0) is 14.1. The molecule has 0 amide bonds. The maximum absolute atomic E-state index is 11.6. The Morgan fingerprint density at radius 2 is 2.35 bits per heavy atom.